The van der Waals surface area contributed by atoms with Gasteiger partial charge < -0.3 is 19.5 Å². The normalized spacial score (nSPS) is 16.2. The Balaban J connectivity index is 1.69. The number of carbonyl (C=O) groups excluding carboxylic acids is 2. The molecule has 0 bridgehead atoms. The van der Waals surface area contributed by atoms with E-state index in [1.807, 2.05) is 6.92 Å². The van der Waals surface area contributed by atoms with Crippen molar-refractivity contribution in [1.29, 1.82) is 0 Å². The lowest BCUT2D eigenvalue weighted by Crippen LogP contribution is -3.18. The van der Waals surface area contributed by atoms with E-state index in [1.165, 1.54) is 12.0 Å². The van der Waals surface area contributed by atoms with Gasteiger partial charge in [0.1, 0.15) is 0 Å². The van der Waals surface area contributed by atoms with E-state index in [-0.39, 0.29) is 11.8 Å². The number of carbonyl (C=O) groups is 2. The number of nitrogens with one attached hydrogen (secondary N) is 2. The maximum atomic E-state index is 13.1. The summed E-state index contributed by atoms with van der Waals surface area (Å²) in [6, 6.07) is 1.60. The van der Waals surface area contributed by atoms with Crippen molar-refractivity contribution in [2.75, 3.05) is 38.2 Å². The summed E-state index contributed by atoms with van der Waals surface area (Å²) in [7, 11) is 1.35. The van der Waals surface area contributed by atoms with E-state index in [0.717, 1.165) is 32.1 Å². The number of aromatic nitrogens is 3. The van der Waals surface area contributed by atoms with Gasteiger partial charge in [0, 0.05) is 18.1 Å². The first-order valence-corrected chi connectivity index (χ1v) is 9.12. The SMILES string of the molecule is COC(=O)c1c(C)[nH]c(C(=O)[C@H](C)[NH+]2CCN(c3ncccn3)CC2)c1C. The number of hydrogen-bond acceptors (Lipinski definition) is 6. The number of anilines is 1. The zero-order chi connectivity index (χ0) is 19.6. The quantitative estimate of drug-likeness (QED) is 0.575. The van der Waals surface area contributed by atoms with Crippen LogP contribution in [0.3, 0.4) is 0 Å². The third-order valence-electron chi connectivity index (χ3n) is 5.32. The largest absolute Gasteiger partial charge is 0.465 e. The molecule has 8 heteroatoms. The Hall–Kier alpha value is -2.74. The standard InChI is InChI=1S/C19H25N5O3/c1-12-15(18(26)27-4)13(2)22-16(12)17(25)14(3)23-8-10-24(11-9-23)19-20-6-5-7-21-19/h5-7,14,22H,8-11H2,1-4H3/p+1/t14-/m0/s1. The second-order valence-corrected chi connectivity index (χ2v) is 6.90. The molecule has 144 valence electrons. The molecule has 1 fully saturated rings. The Bertz CT molecular complexity index is 825. The van der Waals surface area contributed by atoms with E-state index in [4.69, 9.17) is 4.74 Å². The molecule has 1 atom stereocenters. The zero-order valence-corrected chi connectivity index (χ0v) is 16.2. The average molecular weight is 372 g/mol. The van der Waals surface area contributed by atoms with Gasteiger partial charge in [-0.25, -0.2) is 14.8 Å². The Kier molecular flexibility index (Phi) is 5.55. The number of nitrogens with zero attached hydrogens (tertiary/aromatic N) is 3. The summed E-state index contributed by atoms with van der Waals surface area (Å²) in [6.45, 7) is 8.77. The Morgan fingerprint density at radius 3 is 2.44 bits per heavy atom. The van der Waals surface area contributed by atoms with Crippen molar-refractivity contribution in [3.05, 3.63) is 41.0 Å². The smallest absolute Gasteiger partial charge is 0.339 e. The van der Waals surface area contributed by atoms with Crippen molar-refractivity contribution in [2.45, 2.75) is 26.8 Å². The molecule has 2 N–H and O–H groups in total. The second-order valence-electron chi connectivity index (χ2n) is 6.90. The van der Waals surface area contributed by atoms with Gasteiger partial charge in [-0.2, -0.15) is 0 Å². The number of rotatable bonds is 5. The van der Waals surface area contributed by atoms with E-state index >= 15 is 0 Å². The van der Waals surface area contributed by atoms with E-state index < -0.39 is 5.97 Å². The molecule has 0 unspecified atom stereocenters. The van der Waals surface area contributed by atoms with Crippen molar-refractivity contribution < 1.29 is 19.2 Å². The molecular formula is C19H26N5O3+. The highest BCUT2D eigenvalue weighted by molar-refractivity contribution is 6.03. The van der Waals surface area contributed by atoms with Gasteiger partial charge in [0.05, 0.1) is 44.5 Å². The topological polar surface area (TPSA) is 92.6 Å². The lowest BCUT2D eigenvalue weighted by molar-refractivity contribution is -0.914. The molecule has 2 aromatic heterocycles. The number of piperazine rings is 1. The van der Waals surface area contributed by atoms with Crippen LogP contribution in [0, 0.1) is 13.8 Å². The van der Waals surface area contributed by atoms with E-state index in [9.17, 15) is 9.59 Å². The molecule has 8 nitrogen and oxygen atoms in total. The van der Waals surface area contributed by atoms with Gasteiger partial charge in [0.2, 0.25) is 11.7 Å². The average Bonchev–Trinajstić information content (AvgIpc) is 3.01. The fourth-order valence-corrected chi connectivity index (χ4v) is 3.69. The van der Waals surface area contributed by atoms with Crippen molar-refractivity contribution in [2.24, 2.45) is 0 Å². The summed E-state index contributed by atoms with van der Waals surface area (Å²) >= 11 is 0. The van der Waals surface area contributed by atoms with Crippen LogP contribution in [0.1, 0.15) is 39.0 Å². The van der Waals surface area contributed by atoms with Crippen LogP contribution in [0.4, 0.5) is 5.95 Å². The summed E-state index contributed by atoms with van der Waals surface area (Å²) in [5.74, 6) is 0.330. The van der Waals surface area contributed by atoms with E-state index in [0.29, 0.717) is 22.5 Å². The van der Waals surface area contributed by atoms with Gasteiger partial charge in [-0.1, -0.05) is 0 Å². The predicted molar refractivity (Wildman–Crippen MR) is 100 cm³/mol. The highest BCUT2D eigenvalue weighted by atomic mass is 16.5. The van der Waals surface area contributed by atoms with Crippen LogP contribution in [0.15, 0.2) is 18.5 Å². The van der Waals surface area contributed by atoms with Crippen LogP contribution < -0.4 is 9.80 Å². The molecule has 1 aliphatic heterocycles. The molecular weight excluding hydrogens is 346 g/mol. The van der Waals surface area contributed by atoms with Crippen LogP contribution in [-0.4, -0.2) is 66.0 Å². The number of aryl methyl sites for hydroxylation is 1. The molecule has 0 aliphatic carbocycles. The monoisotopic (exact) mass is 372 g/mol. The Morgan fingerprint density at radius 1 is 1.22 bits per heavy atom. The van der Waals surface area contributed by atoms with E-state index in [2.05, 4.69) is 19.9 Å². The summed E-state index contributed by atoms with van der Waals surface area (Å²) in [5, 5.41) is 0. The predicted octanol–water partition coefficient (Wildman–Crippen LogP) is 0.184. The van der Waals surface area contributed by atoms with Gasteiger partial charge >= 0.3 is 5.97 Å². The van der Waals surface area contributed by atoms with Gasteiger partial charge in [0.25, 0.3) is 0 Å². The first-order chi connectivity index (χ1) is 12.9. The summed E-state index contributed by atoms with van der Waals surface area (Å²) in [6.07, 6.45) is 3.48. The highest BCUT2D eigenvalue weighted by Gasteiger charge is 2.33. The summed E-state index contributed by atoms with van der Waals surface area (Å²) in [4.78, 5) is 40.0. The van der Waals surface area contributed by atoms with Gasteiger partial charge in [-0.05, 0) is 32.4 Å². The number of aromatic amines is 1. The number of methoxy groups -OCH3 is 1. The Morgan fingerprint density at radius 2 is 1.85 bits per heavy atom. The van der Waals surface area contributed by atoms with Crippen LogP contribution in [0.2, 0.25) is 0 Å². The first kappa shape index (κ1) is 19.0. The molecule has 1 aliphatic rings. The maximum absolute atomic E-state index is 13.1. The molecule has 2 aromatic rings. The van der Waals surface area contributed by atoms with Crippen molar-refractivity contribution in [1.82, 2.24) is 15.0 Å². The summed E-state index contributed by atoms with van der Waals surface area (Å²) < 4.78 is 4.83. The van der Waals surface area contributed by atoms with Crippen molar-refractivity contribution in [3.63, 3.8) is 0 Å². The number of hydrogen-bond donors (Lipinski definition) is 2. The molecule has 0 radical (unpaired) electrons. The molecule has 3 heterocycles. The third kappa shape index (κ3) is 3.71. The minimum absolute atomic E-state index is 0.0187. The molecule has 0 saturated carbocycles. The Labute approximate surface area is 158 Å². The van der Waals surface area contributed by atoms with Gasteiger partial charge in [-0.3, -0.25) is 4.79 Å². The van der Waals surface area contributed by atoms with Crippen molar-refractivity contribution >= 4 is 17.7 Å². The summed E-state index contributed by atoms with van der Waals surface area (Å²) in [5.41, 5.74) is 2.28. The maximum Gasteiger partial charge on any atom is 0.339 e. The lowest BCUT2D eigenvalue weighted by Gasteiger charge is -2.34. The fraction of sp³-hybridized carbons (Fsp3) is 0.474. The minimum atomic E-state index is -0.420. The van der Waals surface area contributed by atoms with Crippen LogP contribution in [0.5, 0.6) is 0 Å². The van der Waals surface area contributed by atoms with Crippen LogP contribution >= 0.6 is 0 Å². The lowest BCUT2D eigenvalue weighted by atomic mass is 10.0. The fourth-order valence-electron chi connectivity index (χ4n) is 3.69. The highest BCUT2D eigenvalue weighted by Crippen LogP contribution is 2.20. The minimum Gasteiger partial charge on any atom is -0.465 e. The molecule has 1 saturated heterocycles. The number of Topliss-reactive ketones (excluding diaryl/α,β-unsaturated/α-hetero) is 1. The zero-order valence-electron chi connectivity index (χ0n) is 16.2. The first-order valence-electron chi connectivity index (χ1n) is 9.12. The van der Waals surface area contributed by atoms with Crippen molar-refractivity contribution in [3.8, 4) is 0 Å². The van der Waals surface area contributed by atoms with Crippen LogP contribution in [0.25, 0.3) is 0 Å². The number of ketones is 1. The second kappa shape index (κ2) is 7.87. The van der Waals surface area contributed by atoms with E-state index in [1.54, 1.807) is 32.3 Å². The van der Waals surface area contributed by atoms with Gasteiger partial charge in [-0.15, -0.1) is 0 Å². The van der Waals surface area contributed by atoms with Crippen LogP contribution in [-0.2, 0) is 4.74 Å². The number of ether oxygens (including phenoxy) is 1. The molecule has 0 aromatic carbocycles. The third-order valence-corrected chi connectivity index (χ3v) is 5.32. The molecule has 27 heavy (non-hydrogen) atoms. The molecule has 0 amide bonds. The molecule has 3 rings (SSSR count). The number of quaternary nitrogens is 1. The number of esters is 1. The number of H-pyrrole nitrogens is 1. The molecule has 0 spiro atoms. The van der Waals surface area contributed by atoms with Gasteiger partial charge in [0.15, 0.2) is 6.04 Å².